The van der Waals surface area contributed by atoms with Gasteiger partial charge < -0.3 is 4.74 Å². The van der Waals surface area contributed by atoms with Crippen LogP contribution in [-0.4, -0.2) is 15.0 Å². The van der Waals surface area contributed by atoms with Gasteiger partial charge in [-0.25, -0.2) is 17.9 Å². The maximum atomic E-state index is 13.6. The van der Waals surface area contributed by atoms with Gasteiger partial charge in [0.2, 0.25) is 10.0 Å². The van der Waals surface area contributed by atoms with Crippen LogP contribution < -0.4 is 9.88 Å². The van der Waals surface area contributed by atoms with E-state index < -0.39 is 20.7 Å². The van der Waals surface area contributed by atoms with Gasteiger partial charge in [0.1, 0.15) is 16.5 Å². The molecule has 0 spiro atoms. The fraction of sp³-hybridized carbons (Fsp3) is 0.385. The summed E-state index contributed by atoms with van der Waals surface area (Å²) in [6, 6.07) is 2.13. The first-order valence-electron chi connectivity index (χ1n) is 6.12. The van der Waals surface area contributed by atoms with Crippen molar-refractivity contribution in [3.8, 4) is 5.75 Å². The molecular weight excluding hydrogens is 349 g/mol. The van der Waals surface area contributed by atoms with E-state index in [1.807, 2.05) is 6.08 Å². The lowest BCUT2D eigenvalue weighted by molar-refractivity contribution is 0.301. The van der Waals surface area contributed by atoms with Crippen molar-refractivity contribution in [3.63, 3.8) is 0 Å². The summed E-state index contributed by atoms with van der Waals surface area (Å²) in [5, 5.41) is 4.91. The number of allylic oxidation sites excluding steroid dienone is 1. The number of hydrogen-bond donors (Lipinski definition) is 1. The van der Waals surface area contributed by atoms with E-state index in [1.54, 1.807) is 0 Å². The first-order valence-corrected chi connectivity index (χ1v) is 8.45. The van der Waals surface area contributed by atoms with E-state index in [-0.39, 0.29) is 5.75 Å². The second kappa shape index (κ2) is 7.75. The van der Waals surface area contributed by atoms with Crippen LogP contribution in [0.2, 0.25) is 0 Å². The highest BCUT2D eigenvalue weighted by molar-refractivity contribution is 9.10. The molecular formula is C13H17BrFNO3S. The molecule has 0 aromatic heterocycles. The third kappa shape index (κ3) is 5.22. The summed E-state index contributed by atoms with van der Waals surface area (Å²) in [6.07, 6.45) is 5.67. The monoisotopic (exact) mass is 365 g/mol. The lowest BCUT2D eigenvalue weighted by Gasteiger charge is -2.10. The van der Waals surface area contributed by atoms with Crippen LogP contribution in [0, 0.1) is 5.82 Å². The fourth-order valence-electron chi connectivity index (χ4n) is 1.59. The zero-order valence-electron chi connectivity index (χ0n) is 10.9. The Morgan fingerprint density at radius 2 is 2.05 bits per heavy atom. The summed E-state index contributed by atoms with van der Waals surface area (Å²) in [5.41, 5.74) is 0. The largest absolute Gasteiger partial charge is 0.492 e. The highest BCUT2D eigenvalue weighted by Gasteiger charge is 2.17. The lowest BCUT2D eigenvalue weighted by Crippen LogP contribution is -2.14. The van der Waals surface area contributed by atoms with Gasteiger partial charge in [0, 0.05) is 6.07 Å². The van der Waals surface area contributed by atoms with Gasteiger partial charge in [-0.2, -0.15) is 0 Å². The van der Waals surface area contributed by atoms with Crippen LogP contribution in [0.1, 0.15) is 25.7 Å². The van der Waals surface area contributed by atoms with E-state index >= 15 is 0 Å². The molecule has 0 radical (unpaired) electrons. The Kier molecular flexibility index (Phi) is 6.64. The predicted octanol–water partition coefficient (Wildman–Crippen LogP) is 3.36. The maximum absolute atomic E-state index is 13.6. The van der Waals surface area contributed by atoms with E-state index in [2.05, 4.69) is 22.5 Å². The molecule has 0 saturated carbocycles. The summed E-state index contributed by atoms with van der Waals surface area (Å²) >= 11 is 3.14. The Morgan fingerprint density at radius 3 is 2.65 bits per heavy atom. The second-order valence-corrected chi connectivity index (χ2v) is 6.63. The van der Waals surface area contributed by atoms with Gasteiger partial charge in [-0.1, -0.05) is 6.08 Å². The third-order valence-electron chi connectivity index (χ3n) is 2.60. The predicted molar refractivity (Wildman–Crippen MR) is 79.6 cm³/mol. The molecule has 0 bridgehead atoms. The van der Waals surface area contributed by atoms with E-state index in [0.717, 1.165) is 37.8 Å². The minimum absolute atomic E-state index is 0.263. The number of unbranched alkanes of at least 4 members (excludes halogenated alkanes) is 3. The molecule has 0 aliphatic heterocycles. The van der Waals surface area contributed by atoms with Gasteiger partial charge in [-0.05, 0) is 47.7 Å². The second-order valence-electron chi connectivity index (χ2n) is 4.24. The summed E-state index contributed by atoms with van der Waals surface area (Å²) < 4.78 is 41.7. The van der Waals surface area contributed by atoms with E-state index in [9.17, 15) is 12.8 Å². The maximum Gasteiger partial charge on any atom is 0.241 e. The Balaban J connectivity index is 2.64. The fourth-order valence-corrected chi connectivity index (χ4v) is 2.81. The molecule has 0 atom stereocenters. The van der Waals surface area contributed by atoms with Crippen LogP contribution in [-0.2, 0) is 10.0 Å². The molecule has 1 aromatic carbocycles. The number of halogens is 2. The molecule has 1 aromatic rings. The molecule has 20 heavy (non-hydrogen) atoms. The average Bonchev–Trinajstić information content (AvgIpc) is 2.35. The molecule has 4 nitrogen and oxygen atoms in total. The van der Waals surface area contributed by atoms with Crippen molar-refractivity contribution in [2.75, 3.05) is 6.61 Å². The molecule has 0 saturated heterocycles. The SMILES string of the molecule is C=CCCCCCOc1cc(F)c(S(N)(=O)=O)cc1Br. The molecule has 0 aliphatic rings. The highest BCUT2D eigenvalue weighted by atomic mass is 79.9. The van der Waals surface area contributed by atoms with Crippen LogP contribution in [0.3, 0.4) is 0 Å². The zero-order valence-corrected chi connectivity index (χ0v) is 13.3. The molecule has 0 fully saturated rings. The molecule has 0 unspecified atom stereocenters. The number of nitrogens with two attached hydrogens (primary N) is 1. The minimum Gasteiger partial charge on any atom is -0.492 e. The van der Waals surface area contributed by atoms with E-state index in [4.69, 9.17) is 9.88 Å². The van der Waals surface area contributed by atoms with Gasteiger partial charge >= 0.3 is 0 Å². The van der Waals surface area contributed by atoms with Crippen molar-refractivity contribution in [3.05, 3.63) is 35.1 Å². The van der Waals surface area contributed by atoms with Gasteiger partial charge in [0.25, 0.3) is 0 Å². The molecule has 1 rings (SSSR count). The smallest absolute Gasteiger partial charge is 0.241 e. The number of benzene rings is 1. The quantitative estimate of drug-likeness (QED) is 0.567. The molecule has 0 aliphatic carbocycles. The Bertz CT molecular complexity index is 575. The zero-order chi connectivity index (χ0) is 15.2. The van der Waals surface area contributed by atoms with Crippen LogP contribution in [0.4, 0.5) is 4.39 Å². The standard InChI is InChI=1S/C13H17BrFNO3S/c1-2-3-4-5-6-7-19-12-9-11(15)13(8-10(12)14)20(16,17)18/h2,8-9H,1,3-7H2,(H2,16,17,18). The van der Waals surface area contributed by atoms with Gasteiger partial charge in [0.15, 0.2) is 0 Å². The van der Waals surface area contributed by atoms with Crippen molar-refractivity contribution in [2.45, 2.75) is 30.6 Å². The summed E-state index contributed by atoms with van der Waals surface area (Å²) in [4.78, 5) is -0.553. The Morgan fingerprint density at radius 1 is 1.35 bits per heavy atom. The van der Waals surface area contributed by atoms with E-state index in [1.165, 1.54) is 0 Å². The number of ether oxygens (including phenoxy) is 1. The van der Waals surface area contributed by atoms with Gasteiger partial charge in [-0.15, -0.1) is 6.58 Å². The number of hydrogen-bond acceptors (Lipinski definition) is 3. The molecule has 2 N–H and O–H groups in total. The first-order chi connectivity index (χ1) is 9.36. The summed E-state index contributed by atoms with van der Waals surface area (Å²) in [7, 11) is -4.08. The van der Waals surface area contributed by atoms with Crippen molar-refractivity contribution in [1.82, 2.24) is 0 Å². The van der Waals surface area contributed by atoms with Crippen molar-refractivity contribution < 1.29 is 17.5 Å². The van der Waals surface area contributed by atoms with Crippen molar-refractivity contribution in [1.29, 1.82) is 0 Å². The topological polar surface area (TPSA) is 69.4 Å². The minimum atomic E-state index is -4.08. The molecule has 0 amide bonds. The normalized spacial score (nSPS) is 11.3. The van der Waals surface area contributed by atoms with Gasteiger partial charge in [0.05, 0.1) is 11.1 Å². The number of rotatable bonds is 8. The Hall–Kier alpha value is -0.920. The van der Waals surface area contributed by atoms with Crippen LogP contribution in [0.15, 0.2) is 34.2 Å². The molecule has 0 heterocycles. The third-order valence-corrected chi connectivity index (χ3v) is 4.15. The van der Waals surface area contributed by atoms with Crippen molar-refractivity contribution >= 4 is 26.0 Å². The average molecular weight is 366 g/mol. The summed E-state index contributed by atoms with van der Waals surface area (Å²) in [6.45, 7) is 4.07. The molecule has 112 valence electrons. The van der Waals surface area contributed by atoms with E-state index in [0.29, 0.717) is 11.1 Å². The highest BCUT2D eigenvalue weighted by Crippen LogP contribution is 2.30. The Labute approximate surface area is 127 Å². The van der Waals surface area contributed by atoms with Crippen LogP contribution in [0.5, 0.6) is 5.75 Å². The van der Waals surface area contributed by atoms with Crippen LogP contribution >= 0.6 is 15.9 Å². The van der Waals surface area contributed by atoms with Crippen molar-refractivity contribution in [2.24, 2.45) is 5.14 Å². The van der Waals surface area contributed by atoms with Gasteiger partial charge in [-0.3, -0.25) is 0 Å². The number of primary sulfonamides is 1. The lowest BCUT2D eigenvalue weighted by atomic mass is 10.2. The summed E-state index contributed by atoms with van der Waals surface area (Å²) in [5.74, 6) is -0.657. The molecule has 7 heteroatoms. The first kappa shape index (κ1) is 17.1. The van der Waals surface area contributed by atoms with Crippen LogP contribution in [0.25, 0.3) is 0 Å². The number of sulfonamides is 1.